The topological polar surface area (TPSA) is 85.8 Å². The molecule has 3 saturated carbocycles. The number of benzene rings is 1. The van der Waals surface area contributed by atoms with Crippen molar-refractivity contribution in [1.82, 2.24) is 20.1 Å². The number of carbonyl (C=O) groups is 1. The molecule has 0 saturated heterocycles. The number of amides is 1. The van der Waals surface area contributed by atoms with Crippen molar-refractivity contribution in [3.05, 3.63) is 40.9 Å². The first-order valence-electron chi connectivity index (χ1n) is 10.4. The van der Waals surface area contributed by atoms with Gasteiger partial charge in [-0.2, -0.15) is 0 Å². The van der Waals surface area contributed by atoms with Crippen molar-refractivity contribution in [2.24, 2.45) is 17.6 Å². The maximum Gasteiger partial charge on any atom is 0.291 e. The largest absolute Gasteiger partial charge is 0.346 e. The lowest BCUT2D eigenvalue weighted by Gasteiger charge is -2.45. The van der Waals surface area contributed by atoms with E-state index in [9.17, 15) is 4.79 Å². The van der Waals surface area contributed by atoms with E-state index in [4.69, 9.17) is 17.3 Å². The van der Waals surface area contributed by atoms with Crippen molar-refractivity contribution in [3.63, 3.8) is 0 Å². The molecule has 0 aliphatic heterocycles. The number of carbonyl (C=O) groups excluding carboxylic acids is 1. The number of para-hydroxylation sites is 1. The van der Waals surface area contributed by atoms with E-state index in [1.165, 1.54) is 6.42 Å². The summed E-state index contributed by atoms with van der Waals surface area (Å²) in [5.74, 6) is 2.21. The monoisotopic (exact) mass is 399 g/mol. The second-order valence-electron chi connectivity index (χ2n) is 8.61. The third-order valence-electron chi connectivity index (χ3n) is 6.53. The standard InChI is InChI=1S/C21H26ClN5O/c22-16-6-1-2-7-17(16)27-20(12-8-9-12)25-19(26-27)21(28)24-18-13-4-3-5-14(18)11-15(23)10-13/h1-2,6-7,12-15,18H,3-5,8-11,23H2,(H,24,28). The van der Waals surface area contributed by atoms with Crippen molar-refractivity contribution < 1.29 is 4.79 Å². The van der Waals surface area contributed by atoms with E-state index in [-0.39, 0.29) is 23.8 Å². The van der Waals surface area contributed by atoms with Gasteiger partial charge in [0.1, 0.15) is 5.82 Å². The van der Waals surface area contributed by atoms with E-state index in [2.05, 4.69) is 15.4 Å². The van der Waals surface area contributed by atoms with Gasteiger partial charge in [-0.3, -0.25) is 4.79 Å². The van der Waals surface area contributed by atoms with Gasteiger partial charge in [0.2, 0.25) is 5.82 Å². The van der Waals surface area contributed by atoms with Crippen LogP contribution in [-0.2, 0) is 0 Å². The summed E-state index contributed by atoms with van der Waals surface area (Å²) in [5.41, 5.74) is 6.99. The van der Waals surface area contributed by atoms with Crippen LogP contribution in [0.15, 0.2) is 24.3 Å². The smallest absolute Gasteiger partial charge is 0.291 e. The van der Waals surface area contributed by atoms with Crippen molar-refractivity contribution in [2.45, 2.75) is 62.9 Å². The van der Waals surface area contributed by atoms with Gasteiger partial charge in [0.15, 0.2) is 0 Å². The lowest BCUT2D eigenvalue weighted by atomic mass is 9.67. The molecule has 2 unspecified atom stereocenters. The summed E-state index contributed by atoms with van der Waals surface area (Å²) in [6, 6.07) is 8.02. The third-order valence-corrected chi connectivity index (χ3v) is 6.85. The van der Waals surface area contributed by atoms with Crippen LogP contribution in [0.1, 0.15) is 67.3 Å². The van der Waals surface area contributed by atoms with Crippen LogP contribution in [0.2, 0.25) is 5.02 Å². The summed E-state index contributed by atoms with van der Waals surface area (Å²) in [6.07, 6.45) is 7.67. The van der Waals surface area contributed by atoms with Crippen LogP contribution in [0.25, 0.3) is 5.69 Å². The molecule has 148 valence electrons. The van der Waals surface area contributed by atoms with Crippen molar-refractivity contribution in [3.8, 4) is 5.69 Å². The number of fused-ring (bicyclic) bond motifs is 2. The molecule has 3 N–H and O–H groups in total. The van der Waals surface area contributed by atoms with Crippen LogP contribution >= 0.6 is 11.6 Å². The number of rotatable bonds is 4. The third kappa shape index (κ3) is 3.33. The molecule has 1 heterocycles. The lowest BCUT2D eigenvalue weighted by molar-refractivity contribution is 0.0747. The molecule has 2 bridgehead atoms. The molecule has 0 radical (unpaired) electrons. The van der Waals surface area contributed by atoms with Gasteiger partial charge in [0.05, 0.1) is 10.7 Å². The minimum atomic E-state index is -0.176. The normalized spacial score (nSPS) is 29.5. The first kappa shape index (κ1) is 18.1. The zero-order valence-corrected chi connectivity index (χ0v) is 16.6. The Bertz CT molecular complexity index is 879. The molecule has 1 amide bonds. The van der Waals surface area contributed by atoms with E-state index in [0.717, 1.165) is 50.0 Å². The van der Waals surface area contributed by atoms with Crippen LogP contribution in [0, 0.1) is 11.8 Å². The molecule has 28 heavy (non-hydrogen) atoms. The summed E-state index contributed by atoms with van der Waals surface area (Å²) in [4.78, 5) is 17.7. The fourth-order valence-corrected chi connectivity index (χ4v) is 5.28. The van der Waals surface area contributed by atoms with E-state index in [1.807, 2.05) is 24.3 Å². The Labute approximate surface area is 169 Å². The molecular formula is C21H26ClN5O. The highest BCUT2D eigenvalue weighted by atomic mass is 35.5. The predicted molar refractivity (Wildman–Crippen MR) is 108 cm³/mol. The van der Waals surface area contributed by atoms with Crippen LogP contribution in [0.4, 0.5) is 0 Å². The SMILES string of the molecule is NC1CC2CCCC(C1)C2NC(=O)c1nc(C2CC2)n(-c2ccccc2Cl)n1. The van der Waals surface area contributed by atoms with E-state index < -0.39 is 0 Å². The summed E-state index contributed by atoms with van der Waals surface area (Å²) in [6.45, 7) is 0. The molecule has 1 aromatic carbocycles. The van der Waals surface area contributed by atoms with Gasteiger partial charge in [-0.05, 0) is 62.5 Å². The molecule has 5 rings (SSSR count). The first-order chi connectivity index (χ1) is 13.6. The Balaban J connectivity index is 1.41. The highest BCUT2D eigenvalue weighted by Crippen LogP contribution is 2.41. The number of halogens is 1. The quantitative estimate of drug-likeness (QED) is 0.824. The number of aromatic nitrogens is 3. The van der Waals surface area contributed by atoms with Crippen molar-refractivity contribution >= 4 is 17.5 Å². The highest BCUT2D eigenvalue weighted by molar-refractivity contribution is 6.32. The Morgan fingerprint density at radius 2 is 1.86 bits per heavy atom. The molecule has 0 spiro atoms. The number of nitrogens with two attached hydrogens (primary N) is 1. The molecule has 3 fully saturated rings. The van der Waals surface area contributed by atoms with E-state index >= 15 is 0 Å². The Morgan fingerprint density at radius 3 is 2.54 bits per heavy atom. The van der Waals surface area contributed by atoms with Crippen LogP contribution in [0.3, 0.4) is 0 Å². The molecule has 6 nitrogen and oxygen atoms in total. The van der Waals surface area contributed by atoms with E-state index in [0.29, 0.717) is 22.8 Å². The van der Waals surface area contributed by atoms with Gasteiger partial charge in [-0.25, -0.2) is 9.67 Å². The van der Waals surface area contributed by atoms with Crippen LogP contribution < -0.4 is 11.1 Å². The molecule has 3 aliphatic rings. The fraction of sp³-hybridized carbons (Fsp3) is 0.571. The Kier molecular flexibility index (Phi) is 4.63. The van der Waals surface area contributed by atoms with E-state index in [1.54, 1.807) is 4.68 Å². The summed E-state index contributed by atoms with van der Waals surface area (Å²) in [5, 5.41) is 8.43. The molecular weight excluding hydrogens is 374 g/mol. The molecule has 2 atom stereocenters. The zero-order valence-electron chi connectivity index (χ0n) is 15.9. The summed E-state index contributed by atoms with van der Waals surface area (Å²) < 4.78 is 1.76. The van der Waals surface area contributed by atoms with Crippen LogP contribution in [0.5, 0.6) is 0 Å². The summed E-state index contributed by atoms with van der Waals surface area (Å²) in [7, 11) is 0. The average Bonchev–Trinajstić information content (AvgIpc) is 3.41. The highest BCUT2D eigenvalue weighted by Gasteiger charge is 2.40. The second kappa shape index (κ2) is 7.16. The lowest BCUT2D eigenvalue weighted by Crippen LogP contribution is -2.53. The van der Waals surface area contributed by atoms with Gasteiger partial charge in [-0.1, -0.05) is 30.2 Å². The van der Waals surface area contributed by atoms with Crippen molar-refractivity contribution in [2.75, 3.05) is 0 Å². The Hall–Kier alpha value is -1.92. The zero-order chi connectivity index (χ0) is 19.3. The van der Waals surface area contributed by atoms with Gasteiger partial charge in [0, 0.05) is 18.0 Å². The number of nitrogens with one attached hydrogen (secondary N) is 1. The number of hydrogen-bond donors (Lipinski definition) is 2. The maximum absolute atomic E-state index is 13.0. The Morgan fingerprint density at radius 1 is 1.14 bits per heavy atom. The second-order valence-corrected chi connectivity index (χ2v) is 9.02. The predicted octanol–water partition coefficient (Wildman–Crippen LogP) is 3.43. The fourth-order valence-electron chi connectivity index (χ4n) is 5.07. The van der Waals surface area contributed by atoms with Gasteiger partial charge < -0.3 is 11.1 Å². The van der Waals surface area contributed by atoms with Gasteiger partial charge in [-0.15, -0.1) is 5.10 Å². The number of hydrogen-bond acceptors (Lipinski definition) is 4. The minimum absolute atomic E-state index is 0.176. The maximum atomic E-state index is 13.0. The minimum Gasteiger partial charge on any atom is -0.346 e. The van der Waals surface area contributed by atoms with Crippen LogP contribution in [-0.4, -0.2) is 32.8 Å². The molecule has 3 aliphatic carbocycles. The van der Waals surface area contributed by atoms with Gasteiger partial charge in [0.25, 0.3) is 5.91 Å². The molecule has 2 aromatic rings. The van der Waals surface area contributed by atoms with Gasteiger partial charge >= 0.3 is 0 Å². The summed E-state index contributed by atoms with van der Waals surface area (Å²) >= 11 is 6.38. The average molecular weight is 400 g/mol. The first-order valence-corrected chi connectivity index (χ1v) is 10.8. The van der Waals surface area contributed by atoms with Crippen molar-refractivity contribution in [1.29, 1.82) is 0 Å². The molecule has 1 aromatic heterocycles. The molecule has 7 heteroatoms. The number of nitrogens with zero attached hydrogens (tertiary/aromatic N) is 3.